The molecule has 0 saturated heterocycles. The van der Waals surface area contributed by atoms with Gasteiger partial charge in [0.05, 0.1) is 12.3 Å². The molecule has 0 aromatic carbocycles. The average Bonchev–Trinajstić information content (AvgIpc) is 2.31. The van der Waals surface area contributed by atoms with Gasteiger partial charge in [-0.25, -0.2) is 9.97 Å². The van der Waals surface area contributed by atoms with Crippen LogP contribution in [0.5, 0.6) is 0 Å². The van der Waals surface area contributed by atoms with E-state index >= 15 is 0 Å². The molecule has 17 heavy (non-hydrogen) atoms. The summed E-state index contributed by atoms with van der Waals surface area (Å²) in [6.07, 6.45) is 0.780. The van der Waals surface area contributed by atoms with Crippen molar-refractivity contribution in [2.24, 2.45) is 0 Å². The molecule has 0 saturated carbocycles. The van der Waals surface area contributed by atoms with Crippen LogP contribution < -0.4 is 5.32 Å². The van der Waals surface area contributed by atoms with E-state index in [1.54, 1.807) is 14.2 Å². The van der Waals surface area contributed by atoms with Crippen LogP contribution in [0.1, 0.15) is 37.9 Å². The molecule has 0 bridgehead atoms. The molecule has 0 aliphatic heterocycles. The summed E-state index contributed by atoms with van der Waals surface area (Å²) in [4.78, 5) is 8.89. The third kappa shape index (κ3) is 3.94. The zero-order valence-electron chi connectivity index (χ0n) is 11.0. The minimum atomic E-state index is -0.0655. The fourth-order valence-corrected chi connectivity index (χ4v) is 1.61. The normalized spacial score (nSPS) is 12.5. The summed E-state index contributed by atoms with van der Waals surface area (Å²) in [6, 6.07) is 1.90. The second kappa shape index (κ2) is 7.19. The van der Waals surface area contributed by atoms with Crippen molar-refractivity contribution in [2.45, 2.75) is 33.0 Å². The maximum absolute atomic E-state index is 5.36. The maximum Gasteiger partial charge on any atom is 0.159 e. The van der Waals surface area contributed by atoms with Crippen molar-refractivity contribution in [1.29, 1.82) is 0 Å². The fourth-order valence-electron chi connectivity index (χ4n) is 1.61. The smallest absolute Gasteiger partial charge is 0.159 e. The van der Waals surface area contributed by atoms with E-state index in [4.69, 9.17) is 9.47 Å². The first kappa shape index (κ1) is 13.9. The molecular weight excluding hydrogens is 218 g/mol. The van der Waals surface area contributed by atoms with Crippen LogP contribution >= 0.6 is 0 Å². The van der Waals surface area contributed by atoms with Crippen LogP contribution in [0.2, 0.25) is 0 Å². The summed E-state index contributed by atoms with van der Waals surface area (Å²) in [5.74, 6) is 1.53. The van der Waals surface area contributed by atoms with Crippen LogP contribution in [0.3, 0.4) is 0 Å². The first-order valence-electron chi connectivity index (χ1n) is 5.88. The zero-order valence-corrected chi connectivity index (χ0v) is 11.0. The van der Waals surface area contributed by atoms with E-state index in [2.05, 4.69) is 15.3 Å². The lowest BCUT2D eigenvalue weighted by molar-refractivity contribution is 0.0918. The number of aromatic nitrogens is 2. The summed E-state index contributed by atoms with van der Waals surface area (Å²) in [5.41, 5.74) is 0.865. The molecule has 0 aliphatic rings. The molecule has 1 rings (SSSR count). The van der Waals surface area contributed by atoms with Crippen LogP contribution in [0, 0.1) is 0 Å². The van der Waals surface area contributed by atoms with Crippen molar-refractivity contribution in [3.63, 3.8) is 0 Å². The lowest BCUT2D eigenvalue weighted by Crippen LogP contribution is -2.11. The highest BCUT2D eigenvalue weighted by molar-refractivity contribution is 5.36. The quantitative estimate of drug-likeness (QED) is 0.790. The van der Waals surface area contributed by atoms with Crippen molar-refractivity contribution in [3.8, 4) is 0 Å². The molecule has 0 amide bonds. The molecule has 1 N–H and O–H groups in total. The summed E-state index contributed by atoms with van der Waals surface area (Å²) in [6.45, 7) is 5.39. The Kier molecular flexibility index (Phi) is 5.86. The predicted octanol–water partition coefficient (Wildman–Crippen LogP) is 2.15. The molecule has 1 atom stereocenters. The second-order valence-electron chi connectivity index (χ2n) is 3.70. The van der Waals surface area contributed by atoms with E-state index in [0.29, 0.717) is 12.4 Å². The first-order valence-corrected chi connectivity index (χ1v) is 5.88. The molecule has 1 heterocycles. The molecule has 5 nitrogen and oxygen atoms in total. The van der Waals surface area contributed by atoms with Gasteiger partial charge in [0.15, 0.2) is 5.82 Å². The van der Waals surface area contributed by atoms with Crippen LogP contribution in [0.15, 0.2) is 6.07 Å². The number of rotatable bonds is 7. The van der Waals surface area contributed by atoms with Gasteiger partial charge in [0, 0.05) is 26.8 Å². The molecule has 1 aromatic heterocycles. The Morgan fingerprint density at radius 2 is 2.06 bits per heavy atom. The van der Waals surface area contributed by atoms with E-state index in [1.807, 2.05) is 19.9 Å². The van der Waals surface area contributed by atoms with Crippen LogP contribution in [-0.2, 0) is 16.1 Å². The number of anilines is 1. The molecular formula is C12H21N3O2. The maximum atomic E-state index is 5.36. The minimum absolute atomic E-state index is 0.0655. The monoisotopic (exact) mass is 239 g/mol. The Morgan fingerprint density at radius 3 is 2.59 bits per heavy atom. The summed E-state index contributed by atoms with van der Waals surface area (Å²) in [7, 11) is 3.33. The highest BCUT2D eigenvalue weighted by Gasteiger charge is 2.13. The molecule has 96 valence electrons. The van der Waals surface area contributed by atoms with Gasteiger partial charge in [0.2, 0.25) is 0 Å². The number of hydrogen-bond acceptors (Lipinski definition) is 5. The number of ether oxygens (including phenoxy) is 2. The molecule has 0 spiro atoms. The van der Waals surface area contributed by atoms with Crippen LogP contribution in [0.4, 0.5) is 5.82 Å². The highest BCUT2D eigenvalue weighted by atomic mass is 16.5. The van der Waals surface area contributed by atoms with Gasteiger partial charge in [-0.15, -0.1) is 0 Å². The van der Waals surface area contributed by atoms with E-state index in [0.717, 1.165) is 24.5 Å². The SMILES string of the molecule is CCNc1cc(COC)nc(C(CC)OC)n1. The van der Waals surface area contributed by atoms with Gasteiger partial charge >= 0.3 is 0 Å². The topological polar surface area (TPSA) is 56.3 Å². The number of methoxy groups -OCH3 is 2. The van der Waals surface area contributed by atoms with Crippen LogP contribution in [-0.4, -0.2) is 30.7 Å². The van der Waals surface area contributed by atoms with Crippen molar-refractivity contribution in [2.75, 3.05) is 26.1 Å². The Bertz CT molecular complexity index is 316. The zero-order chi connectivity index (χ0) is 12.7. The van der Waals surface area contributed by atoms with Crippen molar-refractivity contribution in [3.05, 3.63) is 17.6 Å². The van der Waals surface area contributed by atoms with Crippen molar-refractivity contribution in [1.82, 2.24) is 9.97 Å². The van der Waals surface area contributed by atoms with E-state index in [9.17, 15) is 0 Å². The van der Waals surface area contributed by atoms with Crippen molar-refractivity contribution >= 4 is 5.82 Å². The average molecular weight is 239 g/mol. The van der Waals surface area contributed by atoms with Gasteiger partial charge in [-0.05, 0) is 13.3 Å². The molecule has 0 radical (unpaired) electrons. The van der Waals surface area contributed by atoms with Gasteiger partial charge in [-0.3, -0.25) is 0 Å². The second-order valence-corrected chi connectivity index (χ2v) is 3.70. The third-order valence-electron chi connectivity index (χ3n) is 2.39. The Hall–Kier alpha value is -1.20. The van der Waals surface area contributed by atoms with Crippen LogP contribution in [0.25, 0.3) is 0 Å². The lowest BCUT2D eigenvalue weighted by atomic mass is 10.2. The third-order valence-corrected chi connectivity index (χ3v) is 2.39. The molecule has 1 aromatic rings. The van der Waals surface area contributed by atoms with Gasteiger partial charge in [0.25, 0.3) is 0 Å². The summed E-state index contributed by atoms with van der Waals surface area (Å²) < 4.78 is 10.5. The minimum Gasteiger partial charge on any atom is -0.378 e. The molecule has 0 aliphatic carbocycles. The molecule has 1 unspecified atom stereocenters. The highest BCUT2D eigenvalue weighted by Crippen LogP contribution is 2.19. The number of hydrogen-bond donors (Lipinski definition) is 1. The number of nitrogens with zero attached hydrogens (tertiary/aromatic N) is 2. The summed E-state index contributed by atoms with van der Waals surface area (Å²) in [5, 5.41) is 3.19. The molecule has 5 heteroatoms. The van der Waals surface area contributed by atoms with Gasteiger partial charge in [-0.2, -0.15) is 0 Å². The van der Waals surface area contributed by atoms with Gasteiger partial charge in [0.1, 0.15) is 11.9 Å². The van der Waals surface area contributed by atoms with E-state index < -0.39 is 0 Å². The van der Waals surface area contributed by atoms with Gasteiger partial charge in [-0.1, -0.05) is 6.92 Å². The fraction of sp³-hybridized carbons (Fsp3) is 0.667. The Morgan fingerprint density at radius 1 is 1.29 bits per heavy atom. The number of nitrogens with one attached hydrogen (secondary N) is 1. The Labute approximate surface area is 103 Å². The van der Waals surface area contributed by atoms with E-state index in [-0.39, 0.29) is 6.10 Å². The van der Waals surface area contributed by atoms with Gasteiger partial charge < -0.3 is 14.8 Å². The Balaban J connectivity index is 3.01. The first-order chi connectivity index (χ1) is 8.24. The predicted molar refractivity (Wildman–Crippen MR) is 66.9 cm³/mol. The largest absolute Gasteiger partial charge is 0.378 e. The van der Waals surface area contributed by atoms with E-state index in [1.165, 1.54) is 0 Å². The summed E-state index contributed by atoms with van der Waals surface area (Å²) >= 11 is 0. The standard InChI is InChI=1S/C12H21N3O2/c1-5-10(17-4)12-14-9(8-16-3)7-11(15-12)13-6-2/h7,10H,5-6,8H2,1-4H3,(H,13,14,15). The lowest BCUT2D eigenvalue weighted by Gasteiger charge is -2.14. The molecule has 0 fully saturated rings. The van der Waals surface area contributed by atoms with Crippen molar-refractivity contribution < 1.29 is 9.47 Å².